The minimum absolute atomic E-state index is 0.0313. The number of fused-ring (bicyclic) bond motifs is 4. The maximum absolute atomic E-state index is 9.81. The zero-order chi connectivity index (χ0) is 16.6. The van der Waals surface area contributed by atoms with Crippen LogP contribution in [0.1, 0.15) is 80.1 Å². The van der Waals surface area contributed by atoms with Gasteiger partial charge in [-0.3, -0.25) is 0 Å². The van der Waals surface area contributed by atoms with Crippen LogP contribution in [-0.4, -0.2) is 22.4 Å². The highest BCUT2D eigenvalue weighted by molar-refractivity contribution is 5.11. The second kappa shape index (κ2) is 4.72. The van der Waals surface area contributed by atoms with E-state index in [1.165, 1.54) is 25.7 Å². The fourth-order valence-corrected chi connectivity index (χ4v) is 6.32. The first-order chi connectivity index (χ1) is 9.97. The number of rotatable bonds is 0. The second-order valence-corrected chi connectivity index (χ2v) is 10.3. The van der Waals surface area contributed by atoms with Crippen LogP contribution in [0.25, 0.3) is 0 Å². The summed E-state index contributed by atoms with van der Waals surface area (Å²) in [6.45, 7) is 13.8. The summed E-state index contributed by atoms with van der Waals surface area (Å²) < 4.78 is 0. The van der Waals surface area contributed by atoms with Crippen LogP contribution in [-0.2, 0) is 0 Å². The molecule has 0 saturated heterocycles. The van der Waals surface area contributed by atoms with Crippen molar-refractivity contribution < 1.29 is 10.2 Å². The predicted octanol–water partition coefficient (Wildman–Crippen LogP) is 4.39. The third-order valence-electron chi connectivity index (χ3n) is 9.50. The van der Waals surface area contributed by atoms with Crippen molar-refractivity contribution in [2.45, 2.75) is 92.3 Å². The summed E-state index contributed by atoms with van der Waals surface area (Å²) in [4.78, 5) is 0. The second-order valence-electron chi connectivity index (χ2n) is 10.3. The van der Waals surface area contributed by atoms with Crippen molar-refractivity contribution in [2.75, 3.05) is 0 Å². The van der Waals surface area contributed by atoms with E-state index in [4.69, 9.17) is 0 Å². The fourth-order valence-electron chi connectivity index (χ4n) is 6.32. The van der Waals surface area contributed by atoms with E-state index < -0.39 is 0 Å². The van der Waals surface area contributed by atoms with E-state index in [2.05, 4.69) is 41.5 Å². The number of hydrogen-bond donors (Lipinski definition) is 2. The Morgan fingerprint density at radius 1 is 0.636 bits per heavy atom. The summed E-state index contributed by atoms with van der Waals surface area (Å²) in [5, 5.41) is 19.6. The van der Waals surface area contributed by atoms with Gasteiger partial charge >= 0.3 is 0 Å². The van der Waals surface area contributed by atoms with Crippen LogP contribution in [0.3, 0.4) is 0 Å². The molecule has 4 bridgehead atoms. The van der Waals surface area contributed by atoms with Crippen LogP contribution in [0.4, 0.5) is 0 Å². The van der Waals surface area contributed by atoms with Crippen molar-refractivity contribution in [1.82, 2.24) is 0 Å². The van der Waals surface area contributed by atoms with Gasteiger partial charge < -0.3 is 10.2 Å². The van der Waals surface area contributed by atoms with Gasteiger partial charge in [0.25, 0.3) is 0 Å². The summed E-state index contributed by atoms with van der Waals surface area (Å²) in [5.74, 6) is 1.56. The van der Waals surface area contributed by atoms with Gasteiger partial charge in [0.15, 0.2) is 0 Å². The molecule has 0 aliphatic heterocycles. The molecule has 2 nitrogen and oxygen atoms in total. The van der Waals surface area contributed by atoms with E-state index in [0.29, 0.717) is 10.8 Å². The van der Waals surface area contributed by atoms with Gasteiger partial charge in [-0.05, 0) is 72.0 Å². The highest BCUT2D eigenvalue weighted by atomic mass is 16.3. The maximum Gasteiger partial charge on any atom is 0.0601 e. The Bertz CT molecular complexity index is 413. The van der Waals surface area contributed by atoms with E-state index in [-0.39, 0.29) is 23.0 Å². The lowest BCUT2D eigenvalue weighted by Crippen LogP contribution is -2.35. The number of hydrogen-bond acceptors (Lipinski definition) is 2. The molecule has 4 saturated carbocycles. The molecule has 4 fully saturated rings. The molecule has 4 aliphatic carbocycles. The van der Waals surface area contributed by atoms with E-state index in [1.54, 1.807) is 0 Å². The molecule has 0 aromatic carbocycles. The van der Waals surface area contributed by atoms with Gasteiger partial charge in [0.05, 0.1) is 12.2 Å². The average molecular weight is 309 g/mol. The lowest BCUT2D eigenvalue weighted by Gasteiger charge is -2.36. The SMILES string of the molecule is CC1(C)C2CCC1(C)C(O)C2.CC1(C)C2CCC1(C)[C@H](O)C2. The van der Waals surface area contributed by atoms with Gasteiger partial charge in [-0.25, -0.2) is 0 Å². The maximum atomic E-state index is 9.81. The first-order valence-corrected chi connectivity index (χ1v) is 9.33. The zero-order valence-corrected chi connectivity index (χ0v) is 15.4. The van der Waals surface area contributed by atoms with Gasteiger partial charge in [0.1, 0.15) is 0 Å². The van der Waals surface area contributed by atoms with E-state index >= 15 is 0 Å². The normalized spacial score (nSPS) is 53.5. The Labute approximate surface area is 136 Å². The number of aliphatic hydroxyl groups is 2. The van der Waals surface area contributed by atoms with Crippen molar-refractivity contribution in [1.29, 1.82) is 0 Å². The van der Waals surface area contributed by atoms with Gasteiger partial charge in [0, 0.05) is 0 Å². The topological polar surface area (TPSA) is 40.5 Å². The highest BCUT2D eigenvalue weighted by Crippen LogP contribution is 2.66. The van der Waals surface area contributed by atoms with Crippen molar-refractivity contribution in [3.63, 3.8) is 0 Å². The lowest BCUT2D eigenvalue weighted by atomic mass is 9.70. The molecule has 2 N–H and O–H groups in total. The Morgan fingerprint density at radius 3 is 1.05 bits per heavy atom. The summed E-state index contributed by atoms with van der Waals surface area (Å²) in [5.41, 5.74) is 1.20. The predicted molar refractivity (Wildman–Crippen MR) is 90.5 cm³/mol. The van der Waals surface area contributed by atoms with Crippen molar-refractivity contribution in [3.8, 4) is 0 Å². The van der Waals surface area contributed by atoms with Crippen molar-refractivity contribution in [3.05, 3.63) is 0 Å². The quantitative estimate of drug-likeness (QED) is 0.697. The zero-order valence-electron chi connectivity index (χ0n) is 15.4. The molecule has 0 spiro atoms. The third kappa shape index (κ3) is 1.86. The van der Waals surface area contributed by atoms with Crippen molar-refractivity contribution in [2.24, 2.45) is 33.5 Å². The van der Waals surface area contributed by atoms with Crippen molar-refractivity contribution >= 4 is 0 Å². The average Bonchev–Trinajstić information content (AvgIpc) is 2.91. The minimum atomic E-state index is -0.0313. The molecule has 4 rings (SSSR count). The van der Waals surface area contributed by atoms with Crippen LogP contribution in [0, 0.1) is 33.5 Å². The standard InChI is InChI=1S/2C10H18O/c2*1-9(2)7-4-5-10(9,3)8(11)6-7/h2*7-8,11H,4-6H2,1-3H3/t7?,8-,10?;/m1./s1. The van der Waals surface area contributed by atoms with Crippen LogP contribution in [0.15, 0.2) is 0 Å². The van der Waals surface area contributed by atoms with Gasteiger partial charge in [-0.2, -0.15) is 0 Å². The molecule has 0 radical (unpaired) electrons. The molecular formula is C20H36O2. The van der Waals surface area contributed by atoms with E-state index in [0.717, 1.165) is 24.7 Å². The minimum Gasteiger partial charge on any atom is -0.393 e. The summed E-state index contributed by atoms with van der Waals surface area (Å²) >= 11 is 0. The van der Waals surface area contributed by atoms with E-state index in [1.807, 2.05) is 0 Å². The summed E-state index contributed by atoms with van der Waals surface area (Å²) in [6, 6.07) is 0. The van der Waals surface area contributed by atoms with Crippen LogP contribution in [0.2, 0.25) is 0 Å². The van der Waals surface area contributed by atoms with E-state index in [9.17, 15) is 10.2 Å². The first-order valence-electron chi connectivity index (χ1n) is 9.33. The molecule has 2 heteroatoms. The fraction of sp³-hybridized carbons (Fsp3) is 1.00. The smallest absolute Gasteiger partial charge is 0.0601 e. The van der Waals surface area contributed by atoms with Crippen LogP contribution < -0.4 is 0 Å². The highest BCUT2D eigenvalue weighted by Gasteiger charge is 2.61. The molecule has 0 aromatic heterocycles. The molecule has 6 atom stereocenters. The largest absolute Gasteiger partial charge is 0.393 e. The Kier molecular flexibility index (Phi) is 3.60. The Morgan fingerprint density at radius 2 is 0.955 bits per heavy atom. The summed E-state index contributed by atoms with van der Waals surface area (Å²) in [7, 11) is 0. The molecule has 128 valence electrons. The lowest BCUT2D eigenvalue weighted by molar-refractivity contribution is 0.0125. The molecule has 4 aliphatic rings. The molecule has 0 amide bonds. The monoisotopic (exact) mass is 308 g/mol. The van der Waals surface area contributed by atoms with Crippen LogP contribution >= 0.6 is 0 Å². The summed E-state index contributed by atoms with van der Waals surface area (Å²) in [6.07, 6.45) is 7.15. The van der Waals surface area contributed by atoms with Gasteiger partial charge in [-0.1, -0.05) is 41.5 Å². The van der Waals surface area contributed by atoms with Gasteiger partial charge in [-0.15, -0.1) is 0 Å². The molecule has 0 aromatic rings. The Hall–Kier alpha value is -0.0800. The van der Waals surface area contributed by atoms with Gasteiger partial charge in [0.2, 0.25) is 0 Å². The molecule has 5 unspecified atom stereocenters. The molecule has 22 heavy (non-hydrogen) atoms. The molecular weight excluding hydrogens is 272 g/mol. The third-order valence-corrected chi connectivity index (χ3v) is 9.50. The number of aliphatic hydroxyl groups excluding tert-OH is 2. The van der Waals surface area contributed by atoms with Crippen LogP contribution in [0.5, 0.6) is 0 Å². The molecule has 0 heterocycles. The first kappa shape index (κ1) is 16.8. The Balaban J connectivity index is 0.000000131.